The molecule has 1 saturated carbocycles. The Labute approximate surface area is 129 Å². The summed E-state index contributed by atoms with van der Waals surface area (Å²) in [5.41, 5.74) is 5.78. The predicted octanol–water partition coefficient (Wildman–Crippen LogP) is 3.07. The van der Waals surface area contributed by atoms with Gasteiger partial charge in [-0.25, -0.2) is 0 Å². The maximum Gasteiger partial charge on any atom is 0.230 e. The van der Waals surface area contributed by atoms with Gasteiger partial charge in [0.05, 0.1) is 10.8 Å². The van der Waals surface area contributed by atoms with E-state index in [-0.39, 0.29) is 11.9 Å². The van der Waals surface area contributed by atoms with Crippen molar-refractivity contribution in [2.45, 2.75) is 36.6 Å². The highest BCUT2D eigenvalue weighted by atomic mass is 35.5. The van der Waals surface area contributed by atoms with Gasteiger partial charge in [-0.1, -0.05) is 36.6 Å². The minimum Gasteiger partial charge on any atom is -0.352 e. The molecule has 0 aliphatic heterocycles. The number of amides is 1. The first-order valence-electron chi connectivity index (χ1n) is 7.07. The van der Waals surface area contributed by atoms with E-state index in [1.54, 1.807) is 0 Å². The number of benzene rings is 1. The number of carbonyl (C=O) groups excluding carboxylic acids is 1. The van der Waals surface area contributed by atoms with E-state index in [4.69, 9.17) is 17.3 Å². The molecule has 1 fully saturated rings. The summed E-state index contributed by atoms with van der Waals surface area (Å²) in [5.74, 6) is 0.899. The number of nitrogens with one attached hydrogen (secondary N) is 1. The second-order valence-corrected chi connectivity index (χ2v) is 6.60. The zero-order valence-corrected chi connectivity index (χ0v) is 13.1. The minimum absolute atomic E-state index is 0.0697. The Bertz CT molecular complexity index is 455. The fourth-order valence-corrected chi connectivity index (χ4v) is 3.68. The molecule has 3 N–H and O–H groups in total. The molecular formula is C15H21ClN2OS. The quantitative estimate of drug-likeness (QED) is 0.822. The Hall–Kier alpha value is -0.710. The van der Waals surface area contributed by atoms with Gasteiger partial charge in [0.15, 0.2) is 0 Å². The van der Waals surface area contributed by atoms with Crippen LogP contribution in [0.5, 0.6) is 0 Å². The summed E-state index contributed by atoms with van der Waals surface area (Å²) < 4.78 is 0. The van der Waals surface area contributed by atoms with Crippen molar-refractivity contribution in [2.75, 3.05) is 12.3 Å². The summed E-state index contributed by atoms with van der Waals surface area (Å²) in [7, 11) is 0. The third-order valence-electron chi connectivity index (χ3n) is 3.75. The van der Waals surface area contributed by atoms with Crippen molar-refractivity contribution in [1.82, 2.24) is 5.32 Å². The van der Waals surface area contributed by atoms with Gasteiger partial charge in [-0.15, -0.1) is 11.8 Å². The lowest BCUT2D eigenvalue weighted by molar-refractivity contribution is -0.119. The van der Waals surface area contributed by atoms with Gasteiger partial charge in [-0.05, 0) is 37.4 Å². The van der Waals surface area contributed by atoms with Gasteiger partial charge < -0.3 is 11.1 Å². The topological polar surface area (TPSA) is 55.1 Å². The largest absolute Gasteiger partial charge is 0.352 e. The van der Waals surface area contributed by atoms with Crippen LogP contribution >= 0.6 is 23.4 Å². The first kappa shape index (κ1) is 15.7. The van der Waals surface area contributed by atoms with Crippen molar-refractivity contribution in [3.05, 3.63) is 29.3 Å². The van der Waals surface area contributed by atoms with Gasteiger partial charge in [-0.3, -0.25) is 4.79 Å². The van der Waals surface area contributed by atoms with Crippen LogP contribution in [0.15, 0.2) is 29.2 Å². The lowest BCUT2D eigenvalue weighted by Crippen LogP contribution is -2.45. The van der Waals surface area contributed by atoms with E-state index in [1.165, 1.54) is 24.6 Å². The van der Waals surface area contributed by atoms with Crippen LogP contribution in [-0.2, 0) is 4.79 Å². The Morgan fingerprint density at radius 3 is 2.85 bits per heavy atom. The highest BCUT2D eigenvalue weighted by Gasteiger charge is 2.25. The molecule has 2 unspecified atom stereocenters. The van der Waals surface area contributed by atoms with Gasteiger partial charge in [0.1, 0.15) is 0 Å². The number of hydrogen-bond donors (Lipinski definition) is 2. The molecule has 0 radical (unpaired) electrons. The Morgan fingerprint density at radius 2 is 2.10 bits per heavy atom. The van der Waals surface area contributed by atoms with Crippen molar-refractivity contribution in [3.63, 3.8) is 0 Å². The molecule has 5 heteroatoms. The highest BCUT2D eigenvalue weighted by Crippen LogP contribution is 2.27. The van der Waals surface area contributed by atoms with Crippen molar-refractivity contribution in [1.29, 1.82) is 0 Å². The van der Waals surface area contributed by atoms with Crippen molar-refractivity contribution >= 4 is 29.3 Å². The Kier molecular flexibility index (Phi) is 6.20. The molecule has 2 atom stereocenters. The molecular weight excluding hydrogens is 292 g/mol. The second kappa shape index (κ2) is 7.91. The zero-order chi connectivity index (χ0) is 14.4. The minimum atomic E-state index is 0.0697. The van der Waals surface area contributed by atoms with Gasteiger partial charge in [0, 0.05) is 10.9 Å². The molecule has 2 rings (SSSR count). The first-order valence-corrected chi connectivity index (χ1v) is 8.44. The number of nitrogens with two attached hydrogens (primary N) is 1. The molecule has 1 aromatic rings. The monoisotopic (exact) mass is 312 g/mol. The lowest BCUT2D eigenvalue weighted by atomic mass is 9.84. The van der Waals surface area contributed by atoms with Gasteiger partial charge in [-0.2, -0.15) is 0 Å². The van der Waals surface area contributed by atoms with E-state index in [1.807, 2.05) is 24.3 Å². The number of carbonyl (C=O) groups is 1. The van der Waals surface area contributed by atoms with Crippen LogP contribution in [0.4, 0.5) is 0 Å². The number of thioether (sulfide) groups is 1. The molecule has 1 aliphatic carbocycles. The van der Waals surface area contributed by atoms with Crippen molar-refractivity contribution < 1.29 is 4.79 Å². The molecule has 0 spiro atoms. The first-order chi connectivity index (χ1) is 9.70. The average Bonchev–Trinajstić information content (AvgIpc) is 2.47. The molecule has 1 amide bonds. The molecule has 1 aliphatic rings. The van der Waals surface area contributed by atoms with E-state index < -0.39 is 0 Å². The molecule has 20 heavy (non-hydrogen) atoms. The second-order valence-electron chi connectivity index (χ2n) is 5.17. The maximum absolute atomic E-state index is 12.0. The SMILES string of the molecule is NCC1CCCCC1NC(=O)CSc1ccccc1Cl. The normalized spacial score (nSPS) is 22.5. The molecule has 3 nitrogen and oxygen atoms in total. The van der Waals surface area contributed by atoms with Crippen LogP contribution < -0.4 is 11.1 Å². The molecule has 0 saturated heterocycles. The van der Waals surface area contributed by atoms with E-state index in [9.17, 15) is 4.79 Å². The van der Waals surface area contributed by atoms with Crippen LogP contribution in [0.1, 0.15) is 25.7 Å². The maximum atomic E-state index is 12.0. The molecule has 0 bridgehead atoms. The number of hydrogen-bond acceptors (Lipinski definition) is 3. The summed E-state index contributed by atoms with van der Waals surface area (Å²) in [6.07, 6.45) is 4.57. The van der Waals surface area contributed by atoms with Crippen LogP contribution in [-0.4, -0.2) is 24.2 Å². The Morgan fingerprint density at radius 1 is 1.35 bits per heavy atom. The zero-order valence-electron chi connectivity index (χ0n) is 11.5. The van der Waals surface area contributed by atoms with Crippen molar-refractivity contribution in [3.8, 4) is 0 Å². The van der Waals surface area contributed by atoms with E-state index in [0.717, 1.165) is 17.7 Å². The van der Waals surface area contributed by atoms with Crippen LogP contribution in [0, 0.1) is 5.92 Å². The molecule has 1 aromatic carbocycles. The number of halogens is 1. The predicted molar refractivity (Wildman–Crippen MR) is 85.1 cm³/mol. The van der Waals surface area contributed by atoms with Crippen LogP contribution in [0.25, 0.3) is 0 Å². The standard InChI is InChI=1S/C15H21ClN2OS/c16-12-6-2-4-8-14(12)20-10-15(19)18-13-7-3-1-5-11(13)9-17/h2,4,6,8,11,13H,1,3,5,7,9-10,17H2,(H,18,19). The van der Waals surface area contributed by atoms with Gasteiger partial charge in [0.25, 0.3) is 0 Å². The van der Waals surface area contributed by atoms with Gasteiger partial charge in [0.2, 0.25) is 5.91 Å². The smallest absolute Gasteiger partial charge is 0.230 e. The van der Waals surface area contributed by atoms with E-state index in [2.05, 4.69) is 5.32 Å². The fourth-order valence-electron chi connectivity index (χ4n) is 2.63. The summed E-state index contributed by atoms with van der Waals surface area (Å²) in [6.45, 7) is 0.655. The summed E-state index contributed by atoms with van der Waals surface area (Å²) in [5, 5.41) is 3.82. The van der Waals surface area contributed by atoms with E-state index in [0.29, 0.717) is 23.2 Å². The molecule has 110 valence electrons. The Balaban J connectivity index is 1.82. The average molecular weight is 313 g/mol. The third-order valence-corrected chi connectivity index (χ3v) is 5.27. The highest BCUT2D eigenvalue weighted by molar-refractivity contribution is 8.00. The number of rotatable bonds is 5. The van der Waals surface area contributed by atoms with Crippen LogP contribution in [0.3, 0.4) is 0 Å². The van der Waals surface area contributed by atoms with Gasteiger partial charge >= 0.3 is 0 Å². The lowest BCUT2D eigenvalue weighted by Gasteiger charge is -2.31. The molecule has 0 heterocycles. The third kappa shape index (κ3) is 4.40. The van der Waals surface area contributed by atoms with Crippen LogP contribution in [0.2, 0.25) is 5.02 Å². The molecule has 0 aromatic heterocycles. The van der Waals surface area contributed by atoms with Crippen molar-refractivity contribution in [2.24, 2.45) is 11.7 Å². The summed E-state index contributed by atoms with van der Waals surface area (Å²) >= 11 is 7.55. The van der Waals surface area contributed by atoms with E-state index >= 15 is 0 Å². The fraction of sp³-hybridized carbons (Fsp3) is 0.533. The summed E-state index contributed by atoms with van der Waals surface area (Å²) in [4.78, 5) is 13.0. The summed E-state index contributed by atoms with van der Waals surface area (Å²) in [6, 6.07) is 7.84.